The topological polar surface area (TPSA) is 55.4 Å². The molecule has 5 heteroatoms. The summed E-state index contributed by atoms with van der Waals surface area (Å²) in [5, 5.41) is 5.45. The second-order valence-corrected chi connectivity index (χ2v) is 6.01. The van der Waals surface area contributed by atoms with Crippen molar-refractivity contribution in [1.82, 2.24) is 0 Å². The minimum atomic E-state index is -0.462. The van der Waals surface area contributed by atoms with Crippen LogP contribution in [0.1, 0.15) is 5.56 Å². The Morgan fingerprint density at radius 3 is 2.40 bits per heavy atom. The maximum Gasteiger partial charge on any atom is 0.310 e. The number of amides is 1. The molecule has 1 amide bonds. The number of hydrogen-bond donors (Lipinski definition) is 1. The van der Waals surface area contributed by atoms with Crippen LogP contribution in [0, 0.1) is 0 Å². The first-order valence-corrected chi connectivity index (χ1v) is 8.17. The number of carbonyl (C=O) groups excluding carboxylic acids is 2. The number of esters is 1. The lowest BCUT2D eigenvalue weighted by atomic mass is 10.1. The summed E-state index contributed by atoms with van der Waals surface area (Å²) in [6.45, 7) is -0.320. The quantitative estimate of drug-likeness (QED) is 0.699. The Kier molecular flexibility index (Phi) is 5.31. The highest BCUT2D eigenvalue weighted by Gasteiger charge is 2.09. The van der Waals surface area contributed by atoms with Crippen LogP contribution in [-0.2, 0) is 20.7 Å². The number of hydrogen-bond acceptors (Lipinski definition) is 3. The minimum absolute atomic E-state index is 0.0976. The molecule has 0 aromatic heterocycles. The van der Waals surface area contributed by atoms with Gasteiger partial charge >= 0.3 is 5.97 Å². The molecule has 0 saturated heterocycles. The summed E-state index contributed by atoms with van der Waals surface area (Å²) < 4.78 is 5.01. The smallest absolute Gasteiger partial charge is 0.310 e. The van der Waals surface area contributed by atoms with Crippen LogP contribution in [0.2, 0.25) is 5.02 Å². The van der Waals surface area contributed by atoms with Crippen molar-refractivity contribution in [2.45, 2.75) is 6.42 Å². The molecule has 0 aliphatic carbocycles. The van der Waals surface area contributed by atoms with Crippen molar-refractivity contribution in [2.75, 3.05) is 11.9 Å². The van der Waals surface area contributed by atoms with Gasteiger partial charge in [0.1, 0.15) is 0 Å². The average Bonchev–Trinajstić information content (AvgIpc) is 2.62. The van der Waals surface area contributed by atoms with Crippen molar-refractivity contribution in [2.24, 2.45) is 0 Å². The number of halogens is 1. The first-order valence-electron chi connectivity index (χ1n) is 7.79. The standard InChI is InChI=1S/C20H16ClNO3/c21-17-8-5-14(6-9-17)11-20(24)25-13-19(23)22-18-10-7-15-3-1-2-4-16(15)12-18/h1-10,12H,11,13H2,(H,22,23). The molecule has 0 aliphatic heterocycles. The Labute approximate surface area is 150 Å². The number of carbonyl (C=O) groups is 2. The molecule has 3 rings (SSSR count). The second-order valence-electron chi connectivity index (χ2n) is 5.57. The predicted molar refractivity (Wildman–Crippen MR) is 98.7 cm³/mol. The van der Waals surface area contributed by atoms with Gasteiger partial charge in [-0.2, -0.15) is 0 Å². The van der Waals surface area contributed by atoms with Gasteiger partial charge in [0, 0.05) is 10.7 Å². The van der Waals surface area contributed by atoms with Gasteiger partial charge in [-0.15, -0.1) is 0 Å². The van der Waals surface area contributed by atoms with E-state index in [-0.39, 0.29) is 18.9 Å². The Morgan fingerprint density at radius 2 is 1.64 bits per heavy atom. The molecule has 25 heavy (non-hydrogen) atoms. The molecule has 126 valence electrons. The van der Waals surface area contributed by atoms with Gasteiger partial charge in [0.25, 0.3) is 5.91 Å². The van der Waals surface area contributed by atoms with E-state index < -0.39 is 5.97 Å². The molecule has 0 heterocycles. The molecule has 3 aromatic carbocycles. The summed E-state index contributed by atoms with van der Waals surface area (Å²) in [4.78, 5) is 23.7. The Balaban J connectivity index is 1.51. The summed E-state index contributed by atoms with van der Waals surface area (Å²) in [5.74, 6) is -0.837. The zero-order chi connectivity index (χ0) is 17.6. The fourth-order valence-electron chi connectivity index (χ4n) is 2.43. The lowest BCUT2D eigenvalue weighted by Crippen LogP contribution is -2.21. The maximum atomic E-state index is 11.9. The van der Waals surface area contributed by atoms with Crippen LogP contribution in [0.3, 0.4) is 0 Å². The fourth-order valence-corrected chi connectivity index (χ4v) is 2.56. The molecule has 0 aliphatic rings. The Hall–Kier alpha value is -2.85. The molecule has 0 radical (unpaired) electrons. The third-order valence-electron chi connectivity index (χ3n) is 3.66. The van der Waals surface area contributed by atoms with Gasteiger partial charge in [0.2, 0.25) is 0 Å². The fraction of sp³-hybridized carbons (Fsp3) is 0.100. The molecule has 0 saturated carbocycles. The van der Waals surface area contributed by atoms with Crippen LogP contribution >= 0.6 is 11.6 Å². The summed E-state index contributed by atoms with van der Waals surface area (Å²) in [6.07, 6.45) is 0.0976. The van der Waals surface area contributed by atoms with Crippen molar-refractivity contribution in [1.29, 1.82) is 0 Å². The van der Waals surface area contributed by atoms with Gasteiger partial charge in [-0.3, -0.25) is 9.59 Å². The van der Waals surface area contributed by atoms with Gasteiger partial charge < -0.3 is 10.1 Å². The van der Waals surface area contributed by atoms with Crippen molar-refractivity contribution < 1.29 is 14.3 Å². The van der Waals surface area contributed by atoms with E-state index in [4.69, 9.17) is 16.3 Å². The summed E-state index contributed by atoms with van der Waals surface area (Å²) >= 11 is 5.80. The number of anilines is 1. The first-order chi connectivity index (χ1) is 12.1. The first kappa shape index (κ1) is 17.0. The lowest BCUT2D eigenvalue weighted by Gasteiger charge is -2.08. The van der Waals surface area contributed by atoms with Crippen LogP contribution in [-0.4, -0.2) is 18.5 Å². The Bertz CT molecular complexity index is 906. The van der Waals surface area contributed by atoms with E-state index >= 15 is 0 Å². The maximum absolute atomic E-state index is 11.9. The second kappa shape index (κ2) is 7.81. The largest absolute Gasteiger partial charge is 0.455 e. The highest BCUT2D eigenvalue weighted by Crippen LogP contribution is 2.18. The number of nitrogens with one attached hydrogen (secondary N) is 1. The normalized spacial score (nSPS) is 10.4. The molecule has 0 bridgehead atoms. The lowest BCUT2D eigenvalue weighted by molar-refractivity contribution is -0.146. The van der Waals surface area contributed by atoms with Gasteiger partial charge in [-0.1, -0.05) is 54.1 Å². The molecular formula is C20H16ClNO3. The predicted octanol–water partition coefficient (Wildman–Crippen LogP) is 4.22. The van der Waals surface area contributed by atoms with Crippen molar-refractivity contribution in [3.05, 3.63) is 77.3 Å². The van der Waals surface area contributed by atoms with Crippen LogP contribution in [0.4, 0.5) is 5.69 Å². The average molecular weight is 354 g/mol. The third kappa shape index (κ3) is 4.81. The monoisotopic (exact) mass is 353 g/mol. The highest BCUT2D eigenvalue weighted by molar-refractivity contribution is 6.30. The zero-order valence-electron chi connectivity index (χ0n) is 13.4. The van der Waals surface area contributed by atoms with Crippen LogP contribution in [0.15, 0.2) is 66.7 Å². The van der Waals surface area contributed by atoms with Gasteiger partial charge in [-0.05, 0) is 40.6 Å². The summed E-state index contributed by atoms with van der Waals surface area (Å²) in [7, 11) is 0. The molecule has 4 nitrogen and oxygen atoms in total. The number of benzene rings is 3. The van der Waals surface area contributed by atoms with Gasteiger partial charge in [-0.25, -0.2) is 0 Å². The van der Waals surface area contributed by atoms with E-state index in [2.05, 4.69) is 5.32 Å². The van der Waals surface area contributed by atoms with Gasteiger partial charge in [0.15, 0.2) is 6.61 Å². The third-order valence-corrected chi connectivity index (χ3v) is 3.91. The van der Waals surface area contributed by atoms with E-state index in [1.807, 2.05) is 42.5 Å². The SMILES string of the molecule is O=C(COC(=O)Cc1ccc(Cl)cc1)Nc1ccc2ccccc2c1. The van der Waals surface area contributed by atoms with E-state index in [1.54, 1.807) is 24.3 Å². The number of rotatable bonds is 5. The Morgan fingerprint density at radius 1 is 0.920 bits per heavy atom. The van der Waals surface area contributed by atoms with E-state index in [1.165, 1.54) is 0 Å². The van der Waals surface area contributed by atoms with Crippen molar-refractivity contribution >= 4 is 39.9 Å². The minimum Gasteiger partial charge on any atom is -0.455 e. The van der Waals surface area contributed by atoms with Gasteiger partial charge in [0.05, 0.1) is 6.42 Å². The van der Waals surface area contributed by atoms with E-state index in [0.29, 0.717) is 10.7 Å². The van der Waals surface area contributed by atoms with E-state index in [9.17, 15) is 9.59 Å². The van der Waals surface area contributed by atoms with Crippen LogP contribution in [0.5, 0.6) is 0 Å². The van der Waals surface area contributed by atoms with E-state index in [0.717, 1.165) is 16.3 Å². The molecule has 1 N–H and O–H groups in total. The van der Waals surface area contributed by atoms with Crippen LogP contribution < -0.4 is 5.32 Å². The molecule has 0 unspecified atom stereocenters. The molecule has 0 fully saturated rings. The molecular weight excluding hydrogens is 338 g/mol. The van der Waals surface area contributed by atoms with Crippen LogP contribution in [0.25, 0.3) is 10.8 Å². The zero-order valence-corrected chi connectivity index (χ0v) is 14.1. The summed E-state index contributed by atoms with van der Waals surface area (Å²) in [6, 6.07) is 20.4. The molecule has 3 aromatic rings. The van der Waals surface area contributed by atoms with Crippen molar-refractivity contribution in [3.8, 4) is 0 Å². The number of fused-ring (bicyclic) bond motifs is 1. The molecule has 0 atom stereocenters. The highest BCUT2D eigenvalue weighted by atomic mass is 35.5. The number of ether oxygens (including phenoxy) is 1. The van der Waals surface area contributed by atoms with Crippen molar-refractivity contribution in [3.63, 3.8) is 0 Å². The molecule has 0 spiro atoms. The summed E-state index contributed by atoms with van der Waals surface area (Å²) in [5.41, 5.74) is 1.45.